The summed E-state index contributed by atoms with van der Waals surface area (Å²) in [4.78, 5) is 14.5. The Balaban J connectivity index is 1.73. The maximum absolute atomic E-state index is 12.2. The van der Waals surface area contributed by atoms with E-state index in [2.05, 4.69) is 65.8 Å². The predicted molar refractivity (Wildman–Crippen MR) is 111 cm³/mol. The molecular formula is C22H31N3O. The van der Waals surface area contributed by atoms with E-state index in [4.69, 9.17) is 0 Å². The van der Waals surface area contributed by atoms with Crippen LogP contribution in [-0.2, 0) is 11.2 Å². The molecule has 0 saturated heterocycles. The zero-order valence-corrected chi connectivity index (χ0v) is 16.2. The number of carbonyl (C=O) groups is 1. The molecule has 0 aromatic heterocycles. The zero-order chi connectivity index (χ0) is 18.8. The van der Waals surface area contributed by atoms with Crippen molar-refractivity contribution in [1.82, 2.24) is 5.32 Å². The second-order valence-electron chi connectivity index (χ2n) is 6.46. The summed E-state index contributed by atoms with van der Waals surface area (Å²) in [6.07, 6.45) is 1.46. The number of aryl methyl sites for hydroxylation is 1. The summed E-state index contributed by atoms with van der Waals surface area (Å²) >= 11 is 0. The van der Waals surface area contributed by atoms with Crippen molar-refractivity contribution < 1.29 is 4.79 Å². The summed E-state index contributed by atoms with van der Waals surface area (Å²) in [5, 5.41) is 6.36. The van der Waals surface area contributed by atoms with Gasteiger partial charge in [-0.25, -0.2) is 0 Å². The van der Waals surface area contributed by atoms with Crippen molar-refractivity contribution >= 4 is 17.3 Å². The van der Waals surface area contributed by atoms with E-state index < -0.39 is 0 Å². The molecule has 2 aromatic rings. The number of amides is 1. The fourth-order valence-electron chi connectivity index (χ4n) is 2.99. The number of rotatable bonds is 10. The van der Waals surface area contributed by atoms with Crippen molar-refractivity contribution in [2.24, 2.45) is 0 Å². The minimum Gasteiger partial charge on any atom is -0.372 e. The van der Waals surface area contributed by atoms with Crippen LogP contribution in [0, 0.1) is 6.92 Å². The minimum atomic E-state index is 0.0518. The number of benzene rings is 2. The third-order valence-electron chi connectivity index (χ3n) is 4.57. The van der Waals surface area contributed by atoms with E-state index in [0.717, 1.165) is 37.3 Å². The van der Waals surface area contributed by atoms with Crippen molar-refractivity contribution in [2.45, 2.75) is 33.6 Å². The smallest absolute Gasteiger partial charge is 0.225 e. The van der Waals surface area contributed by atoms with Crippen molar-refractivity contribution in [3.63, 3.8) is 0 Å². The van der Waals surface area contributed by atoms with Crippen molar-refractivity contribution in [1.29, 1.82) is 0 Å². The lowest BCUT2D eigenvalue weighted by atomic mass is 10.1. The third-order valence-corrected chi connectivity index (χ3v) is 4.57. The zero-order valence-electron chi connectivity index (χ0n) is 16.2. The molecule has 0 bridgehead atoms. The first kappa shape index (κ1) is 20.0. The Morgan fingerprint density at radius 2 is 1.73 bits per heavy atom. The van der Waals surface area contributed by atoms with E-state index in [9.17, 15) is 4.79 Å². The van der Waals surface area contributed by atoms with Gasteiger partial charge in [-0.3, -0.25) is 4.79 Å². The fourth-order valence-corrected chi connectivity index (χ4v) is 2.99. The molecule has 0 aliphatic heterocycles. The van der Waals surface area contributed by atoms with E-state index in [1.165, 1.54) is 11.3 Å². The predicted octanol–water partition coefficient (Wildman–Crippen LogP) is 4.00. The standard InChI is InChI=1S/C22H31N3O/c1-4-25(5-2)20-11-12-21(18(3)17-20)24-22(26)14-16-23-15-13-19-9-7-6-8-10-19/h6-12,17,23H,4-5,13-16H2,1-3H3,(H,24,26). The summed E-state index contributed by atoms with van der Waals surface area (Å²) < 4.78 is 0. The molecule has 2 aromatic carbocycles. The Labute approximate surface area is 157 Å². The Kier molecular flexibility index (Phi) is 8.16. The second kappa shape index (κ2) is 10.6. The molecule has 1 amide bonds. The monoisotopic (exact) mass is 353 g/mol. The highest BCUT2D eigenvalue weighted by molar-refractivity contribution is 5.91. The lowest BCUT2D eigenvalue weighted by Gasteiger charge is -2.22. The normalized spacial score (nSPS) is 10.6. The van der Waals surface area contributed by atoms with Crippen molar-refractivity contribution in [3.05, 3.63) is 59.7 Å². The summed E-state index contributed by atoms with van der Waals surface area (Å²) in [7, 11) is 0. The summed E-state index contributed by atoms with van der Waals surface area (Å²) in [5.74, 6) is 0.0518. The van der Waals surface area contributed by atoms with Gasteiger partial charge >= 0.3 is 0 Å². The molecule has 0 fully saturated rings. The lowest BCUT2D eigenvalue weighted by Crippen LogP contribution is -2.24. The van der Waals surface area contributed by atoms with Gasteiger partial charge in [0.2, 0.25) is 5.91 Å². The van der Waals surface area contributed by atoms with E-state index in [-0.39, 0.29) is 5.91 Å². The molecule has 0 saturated carbocycles. The molecule has 4 nitrogen and oxygen atoms in total. The Morgan fingerprint density at radius 1 is 1.00 bits per heavy atom. The van der Waals surface area contributed by atoms with Crippen LogP contribution >= 0.6 is 0 Å². The molecule has 0 aliphatic carbocycles. The number of hydrogen-bond acceptors (Lipinski definition) is 3. The third kappa shape index (κ3) is 6.19. The number of anilines is 2. The van der Waals surface area contributed by atoms with Crippen LogP contribution < -0.4 is 15.5 Å². The van der Waals surface area contributed by atoms with Gasteiger partial charge in [0, 0.05) is 37.4 Å². The Hall–Kier alpha value is -2.33. The molecule has 0 unspecified atom stereocenters. The van der Waals surface area contributed by atoms with Crippen LogP contribution in [0.1, 0.15) is 31.4 Å². The largest absolute Gasteiger partial charge is 0.372 e. The van der Waals surface area contributed by atoms with Gasteiger partial charge in [-0.1, -0.05) is 30.3 Å². The first-order valence-electron chi connectivity index (χ1n) is 9.54. The van der Waals surface area contributed by atoms with E-state index in [0.29, 0.717) is 13.0 Å². The van der Waals surface area contributed by atoms with Crippen LogP contribution in [-0.4, -0.2) is 32.1 Å². The molecular weight excluding hydrogens is 322 g/mol. The van der Waals surface area contributed by atoms with Crippen LogP contribution in [0.2, 0.25) is 0 Å². The summed E-state index contributed by atoms with van der Waals surface area (Å²) in [6.45, 7) is 9.89. The fraction of sp³-hybridized carbons (Fsp3) is 0.409. The molecule has 140 valence electrons. The maximum atomic E-state index is 12.2. The minimum absolute atomic E-state index is 0.0518. The van der Waals surface area contributed by atoms with Crippen molar-refractivity contribution in [3.8, 4) is 0 Å². The summed E-state index contributed by atoms with van der Waals surface area (Å²) in [5.41, 5.74) is 4.51. The quantitative estimate of drug-likeness (QED) is 0.635. The molecule has 26 heavy (non-hydrogen) atoms. The average Bonchev–Trinajstić information content (AvgIpc) is 2.65. The molecule has 2 rings (SSSR count). The van der Waals surface area contributed by atoms with Gasteiger partial charge < -0.3 is 15.5 Å². The van der Waals surface area contributed by atoms with Crippen LogP contribution in [0.15, 0.2) is 48.5 Å². The van der Waals surface area contributed by atoms with Gasteiger partial charge in [0.1, 0.15) is 0 Å². The molecule has 0 heterocycles. The van der Waals surface area contributed by atoms with Gasteiger partial charge in [-0.15, -0.1) is 0 Å². The highest BCUT2D eigenvalue weighted by Crippen LogP contribution is 2.22. The molecule has 0 radical (unpaired) electrons. The number of nitrogens with zero attached hydrogens (tertiary/aromatic N) is 1. The average molecular weight is 354 g/mol. The molecule has 0 spiro atoms. The van der Waals surface area contributed by atoms with E-state index >= 15 is 0 Å². The van der Waals surface area contributed by atoms with Crippen LogP contribution in [0.5, 0.6) is 0 Å². The molecule has 2 N–H and O–H groups in total. The number of hydrogen-bond donors (Lipinski definition) is 2. The van der Waals surface area contributed by atoms with Gasteiger partial charge in [0.25, 0.3) is 0 Å². The Morgan fingerprint density at radius 3 is 2.38 bits per heavy atom. The number of carbonyl (C=O) groups excluding carboxylic acids is 1. The second-order valence-corrected chi connectivity index (χ2v) is 6.46. The molecule has 4 heteroatoms. The van der Waals surface area contributed by atoms with Crippen LogP contribution in [0.25, 0.3) is 0 Å². The van der Waals surface area contributed by atoms with Crippen LogP contribution in [0.4, 0.5) is 11.4 Å². The number of nitrogens with one attached hydrogen (secondary N) is 2. The first-order chi connectivity index (χ1) is 12.6. The highest BCUT2D eigenvalue weighted by Gasteiger charge is 2.07. The highest BCUT2D eigenvalue weighted by atomic mass is 16.1. The molecule has 0 atom stereocenters. The van der Waals surface area contributed by atoms with E-state index in [1.54, 1.807) is 0 Å². The van der Waals surface area contributed by atoms with Crippen molar-refractivity contribution in [2.75, 3.05) is 36.4 Å². The first-order valence-corrected chi connectivity index (χ1v) is 9.54. The molecule has 0 aliphatic rings. The van der Waals surface area contributed by atoms with Gasteiger partial charge in [-0.2, -0.15) is 0 Å². The van der Waals surface area contributed by atoms with Gasteiger partial charge in [0.05, 0.1) is 0 Å². The Bertz CT molecular complexity index is 681. The maximum Gasteiger partial charge on any atom is 0.225 e. The SMILES string of the molecule is CCN(CC)c1ccc(NC(=O)CCNCCc2ccccc2)c(C)c1. The summed E-state index contributed by atoms with van der Waals surface area (Å²) in [6, 6.07) is 16.6. The van der Waals surface area contributed by atoms with E-state index in [1.807, 2.05) is 19.1 Å². The van der Waals surface area contributed by atoms with Gasteiger partial charge in [-0.05, 0) is 63.1 Å². The topological polar surface area (TPSA) is 44.4 Å². The van der Waals surface area contributed by atoms with Gasteiger partial charge in [0.15, 0.2) is 0 Å². The lowest BCUT2D eigenvalue weighted by molar-refractivity contribution is -0.116. The van der Waals surface area contributed by atoms with Crippen LogP contribution in [0.3, 0.4) is 0 Å².